The molecule has 0 bridgehead atoms. The van der Waals surface area contributed by atoms with Crippen LogP contribution in [0.1, 0.15) is 87.2 Å². The molecule has 2 fully saturated rings. The van der Waals surface area contributed by atoms with Crippen molar-refractivity contribution in [3.63, 3.8) is 0 Å². The Morgan fingerprint density at radius 2 is 1.04 bits per heavy atom. The van der Waals surface area contributed by atoms with Crippen molar-refractivity contribution in [2.45, 2.75) is 87.2 Å². The lowest BCUT2D eigenvalue weighted by Crippen LogP contribution is -2.48. The van der Waals surface area contributed by atoms with E-state index < -0.39 is 11.2 Å². The van der Waals surface area contributed by atoms with Crippen LogP contribution in [0.25, 0.3) is 10.8 Å². The van der Waals surface area contributed by atoms with Gasteiger partial charge in [0.1, 0.15) is 0 Å². The molecule has 0 spiro atoms. The lowest BCUT2D eigenvalue weighted by molar-refractivity contribution is -0.0825. The van der Waals surface area contributed by atoms with E-state index >= 15 is 0 Å². The highest BCUT2D eigenvalue weighted by molar-refractivity contribution is 5.92. The van der Waals surface area contributed by atoms with Gasteiger partial charge in [-0.1, -0.05) is 74.9 Å². The molecule has 2 aromatic rings. The van der Waals surface area contributed by atoms with Crippen molar-refractivity contribution in [1.82, 2.24) is 0 Å². The van der Waals surface area contributed by atoms with Crippen LogP contribution in [0.3, 0.4) is 0 Å². The van der Waals surface area contributed by atoms with Gasteiger partial charge in [0, 0.05) is 11.8 Å². The van der Waals surface area contributed by atoms with Gasteiger partial charge in [-0.05, 0) is 47.6 Å². The summed E-state index contributed by atoms with van der Waals surface area (Å²) in [6, 6.07) is 13.1. The monoisotopic (exact) mass is 350 g/mol. The molecule has 2 atom stereocenters. The smallest absolute Gasteiger partial charge is 0.0723 e. The van der Waals surface area contributed by atoms with E-state index in [2.05, 4.69) is 36.4 Å². The SMILES string of the molecule is OC1([C@@H]2c3cccc4cccc(c34)[C@H]2C2(O)CCCCC2)CCCCC1. The molecular formula is C24H30O2. The predicted molar refractivity (Wildman–Crippen MR) is 105 cm³/mol. The summed E-state index contributed by atoms with van der Waals surface area (Å²) in [5, 5.41) is 26.2. The highest BCUT2D eigenvalue weighted by Crippen LogP contribution is 2.60. The first-order valence-electron chi connectivity index (χ1n) is 10.6. The van der Waals surface area contributed by atoms with Crippen LogP contribution in [0.4, 0.5) is 0 Å². The van der Waals surface area contributed by atoms with E-state index in [0.717, 1.165) is 51.4 Å². The van der Waals surface area contributed by atoms with Gasteiger partial charge in [0.05, 0.1) is 11.2 Å². The molecule has 26 heavy (non-hydrogen) atoms. The molecule has 0 unspecified atom stereocenters. The van der Waals surface area contributed by atoms with Crippen LogP contribution >= 0.6 is 0 Å². The van der Waals surface area contributed by atoms with Crippen LogP contribution in [-0.4, -0.2) is 21.4 Å². The van der Waals surface area contributed by atoms with Gasteiger partial charge in [0.15, 0.2) is 0 Å². The summed E-state index contributed by atoms with van der Waals surface area (Å²) in [5.41, 5.74) is 1.21. The largest absolute Gasteiger partial charge is 0.389 e. The molecule has 3 aliphatic carbocycles. The quantitative estimate of drug-likeness (QED) is 0.760. The van der Waals surface area contributed by atoms with Gasteiger partial charge in [-0.25, -0.2) is 0 Å². The number of rotatable bonds is 2. The number of aliphatic hydroxyl groups is 2. The molecule has 2 nitrogen and oxygen atoms in total. The minimum atomic E-state index is -0.677. The summed E-state index contributed by atoms with van der Waals surface area (Å²) in [5.74, 6) is 0.0685. The minimum Gasteiger partial charge on any atom is -0.389 e. The molecule has 2 heteroatoms. The Labute approximate surface area is 156 Å². The molecular weight excluding hydrogens is 320 g/mol. The van der Waals surface area contributed by atoms with E-state index in [1.54, 1.807) is 0 Å². The van der Waals surface area contributed by atoms with Crippen molar-refractivity contribution in [2.24, 2.45) is 0 Å². The van der Waals surface area contributed by atoms with Gasteiger partial charge in [0.25, 0.3) is 0 Å². The van der Waals surface area contributed by atoms with E-state index in [4.69, 9.17) is 0 Å². The van der Waals surface area contributed by atoms with Crippen molar-refractivity contribution in [3.05, 3.63) is 47.5 Å². The van der Waals surface area contributed by atoms with Gasteiger partial charge in [-0.2, -0.15) is 0 Å². The average Bonchev–Trinajstić information content (AvgIpc) is 3.01. The lowest BCUT2D eigenvalue weighted by Gasteiger charge is -2.47. The Balaban J connectivity index is 1.71. The third-order valence-corrected chi connectivity index (χ3v) is 7.57. The van der Waals surface area contributed by atoms with Crippen molar-refractivity contribution in [1.29, 1.82) is 0 Å². The van der Waals surface area contributed by atoms with Crippen LogP contribution in [-0.2, 0) is 0 Å². The fraction of sp³-hybridized carbons (Fsp3) is 0.583. The maximum Gasteiger partial charge on any atom is 0.0723 e. The molecule has 138 valence electrons. The molecule has 2 saturated carbocycles. The molecule has 0 aliphatic heterocycles. The Hall–Kier alpha value is -1.38. The third-order valence-electron chi connectivity index (χ3n) is 7.57. The summed E-state index contributed by atoms with van der Waals surface area (Å²) in [6.07, 6.45) is 10.3. The third kappa shape index (κ3) is 2.38. The Bertz CT molecular complexity index is 747. The number of hydrogen-bond acceptors (Lipinski definition) is 2. The van der Waals surface area contributed by atoms with E-state index in [-0.39, 0.29) is 11.8 Å². The summed E-state index contributed by atoms with van der Waals surface area (Å²) < 4.78 is 0. The topological polar surface area (TPSA) is 40.5 Å². The summed E-state index contributed by atoms with van der Waals surface area (Å²) in [7, 11) is 0. The fourth-order valence-corrected chi connectivity index (χ4v) is 6.43. The second kappa shape index (κ2) is 6.07. The van der Waals surface area contributed by atoms with Crippen molar-refractivity contribution >= 4 is 10.8 Å². The molecule has 3 aliphatic rings. The van der Waals surface area contributed by atoms with Crippen LogP contribution < -0.4 is 0 Å². The molecule has 0 radical (unpaired) electrons. The van der Waals surface area contributed by atoms with Crippen LogP contribution in [0.2, 0.25) is 0 Å². The van der Waals surface area contributed by atoms with E-state index in [9.17, 15) is 10.2 Å². The highest BCUT2D eigenvalue weighted by Gasteiger charge is 2.54. The highest BCUT2D eigenvalue weighted by atomic mass is 16.3. The van der Waals surface area contributed by atoms with Crippen molar-refractivity contribution < 1.29 is 10.2 Å². The zero-order valence-corrected chi connectivity index (χ0v) is 15.6. The Morgan fingerprint density at radius 1 is 0.615 bits per heavy atom. The summed E-state index contributed by atoms with van der Waals surface area (Å²) >= 11 is 0. The zero-order valence-electron chi connectivity index (χ0n) is 15.6. The number of benzene rings is 2. The molecule has 2 aromatic carbocycles. The fourth-order valence-electron chi connectivity index (χ4n) is 6.43. The predicted octanol–water partition coefficient (Wildman–Crippen LogP) is 5.41. The normalized spacial score (nSPS) is 29.8. The number of hydrogen-bond donors (Lipinski definition) is 2. The first kappa shape index (κ1) is 16.8. The maximum absolute atomic E-state index is 11.8. The van der Waals surface area contributed by atoms with Gasteiger partial charge in [-0.15, -0.1) is 0 Å². The van der Waals surface area contributed by atoms with Crippen molar-refractivity contribution in [2.75, 3.05) is 0 Å². The molecule has 0 heterocycles. The first-order valence-corrected chi connectivity index (χ1v) is 10.6. The lowest BCUT2D eigenvalue weighted by atomic mass is 9.62. The minimum absolute atomic E-state index is 0.0343. The standard InChI is InChI=1S/C24H30O2/c25-23(13-3-1-4-14-23)21-18-11-7-9-17-10-8-12-19(20(17)18)22(21)24(26)15-5-2-6-16-24/h7-12,21-22,25-26H,1-6,13-16H2/t21-,22-/m1/s1. The molecule has 0 amide bonds. The first-order chi connectivity index (χ1) is 12.6. The molecule has 2 N–H and O–H groups in total. The second-order valence-corrected chi connectivity index (χ2v) is 9.08. The molecule has 5 rings (SSSR count). The van der Waals surface area contributed by atoms with Gasteiger partial charge in [0.2, 0.25) is 0 Å². The Kier molecular flexibility index (Phi) is 3.92. The van der Waals surface area contributed by atoms with E-state index in [0.29, 0.717) is 0 Å². The van der Waals surface area contributed by atoms with Crippen molar-refractivity contribution in [3.8, 4) is 0 Å². The molecule has 0 saturated heterocycles. The van der Waals surface area contributed by atoms with Crippen LogP contribution in [0, 0.1) is 0 Å². The van der Waals surface area contributed by atoms with Gasteiger partial charge in [-0.3, -0.25) is 0 Å². The summed E-state index contributed by atoms with van der Waals surface area (Å²) in [6.45, 7) is 0. The maximum atomic E-state index is 11.8. The van der Waals surface area contributed by atoms with Gasteiger partial charge >= 0.3 is 0 Å². The zero-order chi connectivity index (χ0) is 17.8. The average molecular weight is 351 g/mol. The molecule has 0 aromatic heterocycles. The van der Waals surface area contributed by atoms with E-state index in [1.165, 1.54) is 34.7 Å². The second-order valence-electron chi connectivity index (χ2n) is 9.08. The van der Waals surface area contributed by atoms with E-state index in [1.807, 2.05) is 0 Å². The Morgan fingerprint density at radius 3 is 1.46 bits per heavy atom. The summed E-state index contributed by atoms with van der Waals surface area (Å²) in [4.78, 5) is 0. The van der Waals surface area contributed by atoms with Gasteiger partial charge < -0.3 is 10.2 Å². The van der Waals surface area contributed by atoms with Crippen LogP contribution in [0.15, 0.2) is 36.4 Å². The van der Waals surface area contributed by atoms with Crippen LogP contribution in [0.5, 0.6) is 0 Å².